The zero-order valence-corrected chi connectivity index (χ0v) is 16.5. The first-order valence-corrected chi connectivity index (χ1v) is 10.6. The van der Waals surface area contributed by atoms with Gasteiger partial charge in [0.05, 0.1) is 10.8 Å². The third-order valence-electron chi connectivity index (χ3n) is 3.29. The van der Waals surface area contributed by atoms with Crippen molar-refractivity contribution in [3.63, 3.8) is 0 Å². The minimum atomic E-state index is -0.996. The Bertz CT molecular complexity index is 693. The largest absolute Gasteiger partial charge is 0.356 e. The van der Waals surface area contributed by atoms with Crippen LogP contribution in [-0.4, -0.2) is 41.8 Å². The summed E-state index contributed by atoms with van der Waals surface area (Å²) in [5.74, 6) is 2.18. The molecule has 0 radical (unpaired) electrons. The second-order valence-electron chi connectivity index (χ2n) is 5.09. The van der Waals surface area contributed by atoms with Crippen molar-refractivity contribution in [1.82, 2.24) is 10.6 Å². The first-order chi connectivity index (χ1) is 12.2. The van der Waals surface area contributed by atoms with Crippen LogP contribution in [0, 0.1) is 0 Å². The summed E-state index contributed by atoms with van der Waals surface area (Å²) in [4.78, 5) is 6.22. The molecule has 0 aliphatic carbocycles. The number of rotatable bonds is 8. The summed E-state index contributed by atoms with van der Waals surface area (Å²) < 4.78 is 12.2. The van der Waals surface area contributed by atoms with Crippen LogP contribution in [0.25, 0.3) is 0 Å². The van der Waals surface area contributed by atoms with E-state index in [-0.39, 0.29) is 0 Å². The summed E-state index contributed by atoms with van der Waals surface area (Å²) in [6.45, 7) is 1.39. The number of aliphatic imine (C=N–C) groups is 1. The minimum absolute atomic E-state index is 0.546. The van der Waals surface area contributed by atoms with Gasteiger partial charge in [0, 0.05) is 46.5 Å². The molecule has 0 saturated carbocycles. The maximum absolute atomic E-state index is 12.2. The van der Waals surface area contributed by atoms with Crippen LogP contribution < -0.4 is 10.6 Å². The van der Waals surface area contributed by atoms with Gasteiger partial charge < -0.3 is 10.6 Å². The first kappa shape index (κ1) is 19.8. The van der Waals surface area contributed by atoms with Crippen molar-refractivity contribution in [3.05, 3.63) is 59.6 Å². The number of thioether (sulfide) groups is 1. The molecule has 0 spiro atoms. The molecule has 2 rings (SSSR count). The molecule has 0 heterocycles. The number of halogens is 1. The predicted octanol–water partition coefficient (Wildman–Crippen LogP) is 3.40. The highest BCUT2D eigenvalue weighted by Gasteiger charge is 2.03. The van der Waals surface area contributed by atoms with E-state index in [0.717, 1.165) is 28.2 Å². The molecule has 0 saturated heterocycles. The van der Waals surface area contributed by atoms with Crippen LogP contribution in [0.15, 0.2) is 69.4 Å². The molecule has 0 aliphatic rings. The fourth-order valence-electron chi connectivity index (χ4n) is 2.04. The first-order valence-electron chi connectivity index (χ1n) is 7.95. The lowest BCUT2D eigenvalue weighted by Crippen LogP contribution is -2.40. The predicted molar refractivity (Wildman–Crippen MR) is 109 cm³/mol. The Morgan fingerprint density at radius 3 is 2.44 bits per heavy atom. The average molecular weight is 396 g/mol. The molecule has 7 heteroatoms. The molecule has 134 valence electrons. The highest BCUT2D eigenvalue weighted by atomic mass is 35.5. The molecule has 0 aromatic heterocycles. The lowest BCUT2D eigenvalue weighted by atomic mass is 10.4. The van der Waals surface area contributed by atoms with Gasteiger partial charge in [0.15, 0.2) is 5.96 Å². The SMILES string of the molecule is CN=C(NCCSc1ccc(Cl)cc1)NCCS(=O)c1ccccc1. The van der Waals surface area contributed by atoms with Gasteiger partial charge in [-0.1, -0.05) is 29.8 Å². The van der Waals surface area contributed by atoms with Crippen LogP contribution in [0.4, 0.5) is 0 Å². The number of guanidine groups is 1. The molecule has 1 atom stereocenters. The van der Waals surface area contributed by atoms with Crippen molar-refractivity contribution in [2.75, 3.05) is 31.6 Å². The zero-order chi connectivity index (χ0) is 17.9. The van der Waals surface area contributed by atoms with Gasteiger partial charge in [-0.05, 0) is 36.4 Å². The summed E-state index contributed by atoms with van der Waals surface area (Å²) in [6.07, 6.45) is 0. The smallest absolute Gasteiger partial charge is 0.191 e. The molecule has 2 aromatic rings. The quantitative estimate of drug-likeness (QED) is 0.311. The lowest BCUT2D eigenvalue weighted by molar-refractivity contribution is 0.681. The number of hydrogen-bond donors (Lipinski definition) is 2. The van der Waals surface area contributed by atoms with Gasteiger partial charge in [-0.2, -0.15) is 0 Å². The molecule has 0 fully saturated rings. The molecular formula is C18H22ClN3OS2. The average Bonchev–Trinajstić information content (AvgIpc) is 2.65. The van der Waals surface area contributed by atoms with Gasteiger partial charge in [0.25, 0.3) is 0 Å². The standard InChI is InChI=1S/C18H22ClN3OS2/c1-20-18(21-11-13-24-16-9-7-15(19)8-10-16)22-12-14-25(23)17-5-3-2-4-6-17/h2-10H,11-14H2,1H3,(H2,20,21,22). The summed E-state index contributed by atoms with van der Waals surface area (Å²) in [7, 11) is 0.736. The van der Waals surface area contributed by atoms with Crippen LogP contribution in [-0.2, 0) is 10.8 Å². The number of nitrogens with one attached hydrogen (secondary N) is 2. The molecule has 0 aliphatic heterocycles. The van der Waals surface area contributed by atoms with E-state index in [1.807, 2.05) is 54.6 Å². The summed E-state index contributed by atoms with van der Waals surface area (Å²) >= 11 is 7.63. The Hall–Kier alpha value is -1.50. The van der Waals surface area contributed by atoms with Crippen molar-refractivity contribution in [2.45, 2.75) is 9.79 Å². The monoisotopic (exact) mass is 395 g/mol. The Morgan fingerprint density at radius 2 is 1.76 bits per heavy atom. The Balaban J connectivity index is 1.63. The van der Waals surface area contributed by atoms with Crippen molar-refractivity contribution in [2.24, 2.45) is 4.99 Å². The highest BCUT2D eigenvalue weighted by Crippen LogP contribution is 2.19. The summed E-state index contributed by atoms with van der Waals surface area (Å²) in [6, 6.07) is 17.3. The van der Waals surface area contributed by atoms with E-state index in [4.69, 9.17) is 11.6 Å². The molecule has 4 nitrogen and oxygen atoms in total. The van der Waals surface area contributed by atoms with Crippen LogP contribution >= 0.6 is 23.4 Å². The van der Waals surface area contributed by atoms with Gasteiger partial charge in [-0.3, -0.25) is 9.20 Å². The van der Waals surface area contributed by atoms with E-state index in [9.17, 15) is 4.21 Å². The lowest BCUT2D eigenvalue weighted by Gasteiger charge is -2.11. The van der Waals surface area contributed by atoms with Crippen molar-refractivity contribution >= 4 is 40.1 Å². The van der Waals surface area contributed by atoms with Gasteiger partial charge in [0.1, 0.15) is 0 Å². The van der Waals surface area contributed by atoms with Gasteiger partial charge in [-0.15, -0.1) is 11.8 Å². The molecule has 1 unspecified atom stereocenters. The number of benzene rings is 2. The molecule has 0 bridgehead atoms. The molecule has 25 heavy (non-hydrogen) atoms. The number of hydrogen-bond acceptors (Lipinski definition) is 3. The molecule has 2 N–H and O–H groups in total. The fourth-order valence-corrected chi connectivity index (χ4v) is 3.92. The topological polar surface area (TPSA) is 53.5 Å². The van der Waals surface area contributed by atoms with Crippen LogP contribution in [0.2, 0.25) is 5.02 Å². The highest BCUT2D eigenvalue weighted by molar-refractivity contribution is 7.99. The van der Waals surface area contributed by atoms with Crippen LogP contribution in [0.3, 0.4) is 0 Å². The van der Waals surface area contributed by atoms with E-state index < -0.39 is 10.8 Å². The minimum Gasteiger partial charge on any atom is -0.356 e. The van der Waals surface area contributed by atoms with Gasteiger partial charge in [-0.25, -0.2) is 0 Å². The van der Waals surface area contributed by atoms with Gasteiger partial charge in [0.2, 0.25) is 0 Å². The normalized spacial score (nSPS) is 12.6. The second-order valence-corrected chi connectivity index (χ2v) is 8.27. The van der Waals surface area contributed by atoms with E-state index in [2.05, 4.69) is 15.6 Å². The summed E-state index contributed by atoms with van der Waals surface area (Å²) in [5, 5.41) is 7.20. The van der Waals surface area contributed by atoms with Crippen LogP contribution in [0.5, 0.6) is 0 Å². The van der Waals surface area contributed by atoms with Crippen molar-refractivity contribution in [3.8, 4) is 0 Å². The number of nitrogens with zero attached hydrogens (tertiary/aromatic N) is 1. The Labute approximate surface area is 160 Å². The molecule has 2 aromatic carbocycles. The fraction of sp³-hybridized carbons (Fsp3) is 0.278. The van der Waals surface area contributed by atoms with Crippen LogP contribution in [0.1, 0.15) is 0 Å². The van der Waals surface area contributed by atoms with E-state index in [1.165, 1.54) is 4.90 Å². The molecule has 0 amide bonds. The Kier molecular flexibility index (Phi) is 8.86. The third kappa shape index (κ3) is 7.50. The van der Waals surface area contributed by atoms with Crippen molar-refractivity contribution < 1.29 is 4.21 Å². The Morgan fingerprint density at radius 1 is 1.08 bits per heavy atom. The third-order valence-corrected chi connectivity index (χ3v) is 5.93. The maximum Gasteiger partial charge on any atom is 0.191 e. The maximum atomic E-state index is 12.2. The van der Waals surface area contributed by atoms with E-state index in [1.54, 1.807) is 18.8 Å². The van der Waals surface area contributed by atoms with Crippen molar-refractivity contribution in [1.29, 1.82) is 0 Å². The van der Waals surface area contributed by atoms with Gasteiger partial charge >= 0.3 is 0 Å². The van der Waals surface area contributed by atoms with E-state index >= 15 is 0 Å². The zero-order valence-electron chi connectivity index (χ0n) is 14.1. The molecular weight excluding hydrogens is 374 g/mol. The van der Waals surface area contributed by atoms with E-state index in [0.29, 0.717) is 12.3 Å². The second kappa shape index (κ2) is 11.2. The summed E-state index contributed by atoms with van der Waals surface area (Å²) in [5.41, 5.74) is 0.